The van der Waals surface area contributed by atoms with Crippen LogP contribution in [0.5, 0.6) is 23.0 Å². The Morgan fingerprint density at radius 3 is 2.26 bits per heavy atom. The van der Waals surface area contributed by atoms with Gasteiger partial charge in [-0.2, -0.15) is 0 Å². The predicted octanol–water partition coefficient (Wildman–Crippen LogP) is 3.86. The molecule has 1 N–H and O–H groups in total. The SMILES string of the molecule is COc1cc2c(c(O)c1C(=O)/C=C/c1ccc(OCCCC[N+](C)(C)CC(=O)N(CC(C)C)CC(C)C)cc1)C=CC(C)(C)O2.[Br-]. The van der Waals surface area contributed by atoms with Crippen LogP contribution < -0.4 is 31.2 Å². The molecule has 2 aromatic carbocycles. The number of phenols is 1. The molecule has 0 spiro atoms. The molecule has 1 amide bonds. The molecule has 9 heteroatoms. The molecular formula is C37H53BrN2O6. The van der Waals surface area contributed by atoms with Crippen LogP contribution in [0, 0.1) is 11.8 Å². The van der Waals surface area contributed by atoms with Crippen LogP contribution in [-0.4, -0.2) is 85.8 Å². The number of fused-ring (bicyclic) bond motifs is 1. The van der Waals surface area contributed by atoms with Crippen LogP contribution in [0.25, 0.3) is 12.2 Å². The van der Waals surface area contributed by atoms with Crippen molar-refractivity contribution in [2.45, 2.75) is 60.0 Å². The van der Waals surface area contributed by atoms with Gasteiger partial charge in [0, 0.05) is 19.2 Å². The summed E-state index contributed by atoms with van der Waals surface area (Å²) in [7, 11) is 5.70. The highest BCUT2D eigenvalue weighted by atomic mass is 79.9. The van der Waals surface area contributed by atoms with Gasteiger partial charge in [0.25, 0.3) is 5.91 Å². The number of likely N-dealkylation sites (N-methyl/N-ethyl adjacent to an activating group) is 1. The van der Waals surface area contributed by atoms with Crippen LogP contribution in [0.2, 0.25) is 0 Å². The molecule has 0 saturated carbocycles. The lowest BCUT2D eigenvalue weighted by molar-refractivity contribution is -0.883. The number of nitrogens with zero attached hydrogens (tertiary/aromatic N) is 2. The summed E-state index contributed by atoms with van der Waals surface area (Å²) in [6.45, 7) is 16.0. The van der Waals surface area contributed by atoms with Crippen LogP contribution in [0.3, 0.4) is 0 Å². The molecule has 0 unspecified atom stereocenters. The first-order chi connectivity index (χ1) is 21.1. The van der Waals surface area contributed by atoms with Crippen LogP contribution in [0.15, 0.2) is 42.5 Å². The van der Waals surface area contributed by atoms with Crippen molar-refractivity contribution in [1.82, 2.24) is 4.90 Å². The number of rotatable bonds is 16. The van der Waals surface area contributed by atoms with E-state index in [1.54, 1.807) is 18.2 Å². The highest BCUT2D eigenvalue weighted by Gasteiger charge is 2.29. The molecular weight excluding hydrogens is 648 g/mol. The minimum absolute atomic E-state index is 0. The standard InChI is InChI=1S/C37H52N2O6.BrH/c1-26(2)23-38(24-27(3)4)34(41)25-39(7,8)20-10-11-21-44-29-15-12-28(13-16-29)14-17-31(40)35-33(43-9)22-32-30(36(35)42)18-19-37(5,6)45-32;/h12-19,22,26-27H,10-11,20-21,23-25H2,1-9H3;1H/b17-14+;. The number of hydrogen-bond acceptors (Lipinski definition) is 6. The summed E-state index contributed by atoms with van der Waals surface area (Å²) in [5.74, 6) is 2.07. The molecule has 8 nitrogen and oxygen atoms in total. The number of hydrogen-bond donors (Lipinski definition) is 1. The van der Waals surface area contributed by atoms with E-state index in [4.69, 9.17) is 14.2 Å². The number of ether oxygens (including phenoxy) is 3. The molecule has 1 aliphatic rings. The molecule has 0 bridgehead atoms. The third-order valence-electron chi connectivity index (χ3n) is 7.58. The normalized spacial score (nSPS) is 13.7. The largest absolute Gasteiger partial charge is 1.00 e. The van der Waals surface area contributed by atoms with E-state index in [2.05, 4.69) is 41.8 Å². The topological polar surface area (TPSA) is 85.3 Å². The van der Waals surface area contributed by atoms with Gasteiger partial charge in [-0.15, -0.1) is 0 Å². The van der Waals surface area contributed by atoms with Crippen molar-refractivity contribution in [3.8, 4) is 23.0 Å². The summed E-state index contributed by atoms with van der Waals surface area (Å²) in [6, 6.07) is 9.16. The highest BCUT2D eigenvalue weighted by molar-refractivity contribution is 6.11. The molecule has 0 aliphatic carbocycles. The Morgan fingerprint density at radius 1 is 1.04 bits per heavy atom. The second kappa shape index (κ2) is 17.0. The third kappa shape index (κ3) is 11.5. The third-order valence-corrected chi connectivity index (χ3v) is 7.58. The summed E-state index contributed by atoms with van der Waals surface area (Å²) in [5, 5.41) is 10.9. The number of halogens is 1. The number of phenolic OH excluding ortho intramolecular Hbond substituents is 1. The average molecular weight is 702 g/mol. The van der Waals surface area contributed by atoms with Gasteiger partial charge in [-0.05, 0) is 74.4 Å². The van der Waals surface area contributed by atoms with Gasteiger partial charge in [-0.25, -0.2) is 0 Å². The van der Waals surface area contributed by atoms with Crippen LogP contribution >= 0.6 is 0 Å². The van der Waals surface area contributed by atoms with Gasteiger partial charge in [0.1, 0.15) is 34.2 Å². The lowest BCUT2D eigenvalue weighted by atomic mass is 9.97. The number of carbonyl (C=O) groups excluding carboxylic acids is 2. The summed E-state index contributed by atoms with van der Waals surface area (Å²) in [5.41, 5.74) is 0.853. The molecule has 0 aromatic heterocycles. The second-order valence-electron chi connectivity index (χ2n) is 14.0. The van der Waals surface area contributed by atoms with Gasteiger partial charge in [-0.3, -0.25) is 9.59 Å². The first-order valence-corrected chi connectivity index (χ1v) is 16.0. The fourth-order valence-corrected chi connectivity index (χ4v) is 5.35. The molecule has 1 heterocycles. The Balaban J connectivity index is 0.00000736. The van der Waals surface area contributed by atoms with E-state index in [-0.39, 0.29) is 45.7 Å². The maximum atomic E-state index is 13.1. The number of amides is 1. The van der Waals surface area contributed by atoms with E-state index >= 15 is 0 Å². The van der Waals surface area contributed by atoms with Crippen molar-refractivity contribution < 1.29 is 50.4 Å². The van der Waals surface area contributed by atoms with E-state index in [0.29, 0.717) is 40.8 Å². The number of benzene rings is 2. The Bertz CT molecular complexity index is 1370. The van der Waals surface area contributed by atoms with E-state index in [1.807, 2.05) is 49.1 Å². The van der Waals surface area contributed by atoms with Gasteiger partial charge in [0.05, 0.1) is 39.9 Å². The Hall–Kier alpha value is -3.30. The maximum Gasteiger partial charge on any atom is 0.277 e. The first kappa shape index (κ1) is 38.9. The number of methoxy groups -OCH3 is 1. The van der Waals surface area contributed by atoms with Crippen LogP contribution in [-0.2, 0) is 4.79 Å². The smallest absolute Gasteiger partial charge is 0.277 e. The zero-order valence-corrected chi connectivity index (χ0v) is 30.6. The molecule has 254 valence electrons. The zero-order chi connectivity index (χ0) is 33.4. The molecule has 0 atom stereocenters. The quantitative estimate of drug-likeness (QED) is 0.124. The molecule has 1 aliphatic heterocycles. The van der Waals surface area contributed by atoms with E-state index in [0.717, 1.165) is 43.8 Å². The van der Waals surface area contributed by atoms with Crippen LogP contribution in [0.4, 0.5) is 0 Å². The van der Waals surface area contributed by atoms with Crippen molar-refractivity contribution >= 4 is 23.8 Å². The fraction of sp³-hybridized carbons (Fsp3) is 0.514. The lowest BCUT2D eigenvalue weighted by Gasteiger charge is -2.33. The number of allylic oxidation sites excluding steroid dienone is 1. The molecule has 0 fully saturated rings. The summed E-state index contributed by atoms with van der Waals surface area (Å²) < 4.78 is 18.0. The second-order valence-corrected chi connectivity index (χ2v) is 14.0. The number of ketones is 1. The van der Waals surface area contributed by atoms with E-state index in [1.165, 1.54) is 13.2 Å². The number of aromatic hydroxyl groups is 1. The lowest BCUT2D eigenvalue weighted by Crippen LogP contribution is -3.00. The minimum Gasteiger partial charge on any atom is -1.00 e. The Morgan fingerprint density at radius 2 is 1.67 bits per heavy atom. The van der Waals surface area contributed by atoms with Crippen LogP contribution in [0.1, 0.15) is 75.9 Å². The number of quaternary nitrogens is 1. The molecule has 46 heavy (non-hydrogen) atoms. The summed E-state index contributed by atoms with van der Waals surface area (Å²) in [4.78, 5) is 28.2. The number of carbonyl (C=O) groups is 2. The molecule has 0 radical (unpaired) electrons. The monoisotopic (exact) mass is 700 g/mol. The first-order valence-electron chi connectivity index (χ1n) is 16.0. The maximum absolute atomic E-state index is 13.1. The Kier molecular flexibility index (Phi) is 14.4. The van der Waals surface area contributed by atoms with E-state index < -0.39 is 5.60 Å². The minimum atomic E-state index is -0.522. The average Bonchev–Trinajstić information content (AvgIpc) is 2.94. The Labute approximate surface area is 286 Å². The van der Waals surface area contributed by atoms with E-state index in [9.17, 15) is 14.7 Å². The summed E-state index contributed by atoms with van der Waals surface area (Å²) in [6.07, 6.45) is 8.57. The van der Waals surface area contributed by atoms with Crippen molar-refractivity contribution in [1.29, 1.82) is 0 Å². The number of unbranched alkanes of at least 4 members (excludes halogenated alkanes) is 1. The van der Waals surface area contributed by atoms with Crippen molar-refractivity contribution in [2.24, 2.45) is 11.8 Å². The highest BCUT2D eigenvalue weighted by Crippen LogP contribution is 2.43. The van der Waals surface area contributed by atoms with Crippen molar-refractivity contribution in [2.75, 3.05) is 54.0 Å². The van der Waals surface area contributed by atoms with Gasteiger partial charge in [0.15, 0.2) is 12.3 Å². The predicted molar refractivity (Wildman–Crippen MR) is 181 cm³/mol. The van der Waals surface area contributed by atoms with Gasteiger partial charge in [0.2, 0.25) is 0 Å². The molecule has 0 saturated heterocycles. The zero-order valence-electron chi connectivity index (χ0n) is 29.1. The van der Waals surface area contributed by atoms with Crippen molar-refractivity contribution in [3.05, 3.63) is 59.2 Å². The molecule has 3 rings (SSSR count). The fourth-order valence-electron chi connectivity index (χ4n) is 5.35. The summed E-state index contributed by atoms with van der Waals surface area (Å²) >= 11 is 0. The molecule has 2 aromatic rings. The van der Waals surface area contributed by atoms with Gasteiger partial charge >= 0.3 is 0 Å². The van der Waals surface area contributed by atoms with Gasteiger partial charge < -0.3 is 45.7 Å². The van der Waals surface area contributed by atoms with Gasteiger partial charge in [-0.1, -0.05) is 45.9 Å². The van der Waals surface area contributed by atoms with Crippen molar-refractivity contribution in [3.63, 3.8) is 0 Å².